The van der Waals surface area contributed by atoms with Crippen molar-refractivity contribution in [3.63, 3.8) is 0 Å². The Balaban J connectivity index is 0.00000342. The van der Waals surface area contributed by atoms with Gasteiger partial charge in [0.25, 0.3) is 0 Å². The molecule has 0 aromatic heterocycles. The number of benzene rings is 4. The minimum atomic E-state index is -1.89. The third-order valence-electron chi connectivity index (χ3n) is 6.35. The van der Waals surface area contributed by atoms with Gasteiger partial charge in [0.2, 0.25) is 5.91 Å². The quantitative estimate of drug-likeness (QED) is 0.320. The molecule has 0 atom stereocenters. The molecule has 0 aliphatic heterocycles. The molecule has 0 saturated carbocycles. The molecule has 4 rings (SSSR count). The maximum absolute atomic E-state index is 12.8. The average molecular weight is 546 g/mol. The summed E-state index contributed by atoms with van der Waals surface area (Å²) in [4.78, 5) is 12.8. The van der Waals surface area contributed by atoms with Crippen molar-refractivity contribution in [1.29, 1.82) is 0 Å². The molecule has 0 spiro atoms. The van der Waals surface area contributed by atoms with Crippen LogP contribution >= 0.6 is 7.26 Å². The Kier molecular flexibility index (Phi) is 9.83. The summed E-state index contributed by atoms with van der Waals surface area (Å²) in [6, 6.07) is 40.7. The fourth-order valence-corrected chi connectivity index (χ4v) is 8.88. The van der Waals surface area contributed by atoms with Crippen LogP contribution in [0.2, 0.25) is 0 Å². The van der Waals surface area contributed by atoms with Gasteiger partial charge in [-0.05, 0) is 66.4 Å². The van der Waals surface area contributed by atoms with Crippen LogP contribution in [0.3, 0.4) is 0 Å². The molecule has 1 amide bonds. The van der Waals surface area contributed by atoms with E-state index in [9.17, 15) is 4.79 Å². The van der Waals surface area contributed by atoms with E-state index in [-0.39, 0.29) is 22.9 Å². The molecular weight excluding hydrogens is 513 g/mol. The first-order valence-corrected chi connectivity index (χ1v) is 14.0. The Morgan fingerprint density at radius 3 is 1.51 bits per heavy atom. The molecule has 0 bridgehead atoms. The standard InChI is InChI=1S/C31H32NOP.BrH/c1-25(2)26-20-22-27(23-21-26)32-31(33)19-12-24-34(28-13-6-3-7-14-28,29-15-8-4-9-16-29)30-17-10-5-11-18-30;/h3-11,13-18,20-23,25H,12,19,24H2,1-2H3;1H. The Bertz CT molecular complexity index is 1080. The van der Waals surface area contributed by atoms with Gasteiger partial charge < -0.3 is 22.3 Å². The highest BCUT2D eigenvalue weighted by molar-refractivity contribution is 7.95. The van der Waals surface area contributed by atoms with E-state index in [1.807, 2.05) is 12.1 Å². The molecule has 0 aliphatic rings. The van der Waals surface area contributed by atoms with E-state index in [2.05, 4.69) is 122 Å². The number of anilines is 1. The summed E-state index contributed by atoms with van der Waals surface area (Å²) in [6.07, 6.45) is 2.27. The van der Waals surface area contributed by atoms with Crippen molar-refractivity contribution in [3.05, 3.63) is 121 Å². The molecule has 180 valence electrons. The fraction of sp³-hybridized carbons (Fsp3) is 0.194. The van der Waals surface area contributed by atoms with Crippen LogP contribution in [0.5, 0.6) is 0 Å². The summed E-state index contributed by atoms with van der Waals surface area (Å²) in [7, 11) is -1.89. The molecule has 0 radical (unpaired) electrons. The maximum Gasteiger partial charge on any atom is 0.224 e. The summed E-state index contributed by atoms with van der Waals surface area (Å²) in [5, 5.41) is 7.16. The van der Waals surface area contributed by atoms with Gasteiger partial charge in [-0.15, -0.1) is 0 Å². The third kappa shape index (κ3) is 6.48. The number of carbonyl (C=O) groups excluding carboxylic acids is 1. The van der Waals surface area contributed by atoms with Gasteiger partial charge in [-0.2, -0.15) is 0 Å². The maximum atomic E-state index is 12.8. The number of halogens is 1. The van der Waals surface area contributed by atoms with E-state index >= 15 is 0 Å². The minimum absolute atomic E-state index is 0. The molecule has 4 aromatic carbocycles. The van der Waals surface area contributed by atoms with E-state index in [0.717, 1.165) is 18.3 Å². The second kappa shape index (κ2) is 12.8. The van der Waals surface area contributed by atoms with Crippen LogP contribution in [0.15, 0.2) is 115 Å². The molecule has 35 heavy (non-hydrogen) atoms. The monoisotopic (exact) mass is 545 g/mol. The Hall–Kier alpha value is -2.74. The molecule has 4 aromatic rings. The highest BCUT2D eigenvalue weighted by Gasteiger charge is 2.44. The van der Waals surface area contributed by atoms with Gasteiger partial charge in [0, 0.05) is 12.1 Å². The number of rotatable bonds is 9. The smallest absolute Gasteiger partial charge is 0.224 e. The second-order valence-corrected chi connectivity index (χ2v) is 12.6. The van der Waals surface area contributed by atoms with E-state index in [1.54, 1.807) is 0 Å². The van der Waals surface area contributed by atoms with Gasteiger partial charge in [0.1, 0.15) is 23.2 Å². The molecule has 2 nitrogen and oxygen atoms in total. The summed E-state index contributed by atoms with van der Waals surface area (Å²) in [6.45, 7) is 4.35. The fourth-order valence-electron chi connectivity index (χ4n) is 4.53. The summed E-state index contributed by atoms with van der Waals surface area (Å²) in [5.41, 5.74) is 2.14. The first kappa shape index (κ1) is 26.9. The number of hydrogen-bond donors (Lipinski definition) is 1. The predicted molar refractivity (Wildman–Crippen MR) is 148 cm³/mol. The first-order valence-electron chi connectivity index (χ1n) is 12.0. The van der Waals surface area contributed by atoms with E-state index < -0.39 is 7.26 Å². The lowest BCUT2D eigenvalue weighted by Crippen LogP contribution is -3.00. The lowest BCUT2D eigenvalue weighted by atomic mass is 10.0. The molecule has 1 N–H and O–H groups in total. The topological polar surface area (TPSA) is 29.1 Å². The van der Waals surface area contributed by atoms with Gasteiger partial charge in [-0.3, -0.25) is 4.79 Å². The van der Waals surface area contributed by atoms with E-state index in [4.69, 9.17) is 0 Å². The lowest BCUT2D eigenvalue weighted by molar-refractivity contribution is -0.116. The van der Waals surface area contributed by atoms with Crippen LogP contribution in [0, 0.1) is 0 Å². The third-order valence-corrected chi connectivity index (χ3v) is 10.9. The zero-order chi connectivity index (χ0) is 23.8. The first-order chi connectivity index (χ1) is 16.6. The van der Waals surface area contributed by atoms with Crippen LogP contribution in [0.25, 0.3) is 0 Å². The Morgan fingerprint density at radius 1 is 0.686 bits per heavy atom. The molecule has 0 fully saturated rings. The second-order valence-electron chi connectivity index (χ2n) is 8.97. The average Bonchev–Trinajstić information content (AvgIpc) is 2.88. The summed E-state index contributed by atoms with van der Waals surface area (Å²) in [5.74, 6) is 0.556. The largest absolute Gasteiger partial charge is 1.00 e. The summed E-state index contributed by atoms with van der Waals surface area (Å²) < 4.78 is 0. The Labute approximate surface area is 220 Å². The van der Waals surface area contributed by atoms with Crippen LogP contribution in [-0.4, -0.2) is 12.1 Å². The SMILES string of the molecule is CC(C)c1ccc(NC(=O)CCC[P+](c2ccccc2)(c2ccccc2)c2ccccc2)cc1.[Br-]. The van der Waals surface area contributed by atoms with E-state index in [1.165, 1.54) is 21.5 Å². The van der Waals surface area contributed by atoms with Crippen molar-refractivity contribution in [2.45, 2.75) is 32.6 Å². The summed E-state index contributed by atoms with van der Waals surface area (Å²) >= 11 is 0. The van der Waals surface area contributed by atoms with E-state index in [0.29, 0.717) is 12.3 Å². The Morgan fingerprint density at radius 2 is 1.11 bits per heavy atom. The normalized spacial score (nSPS) is 11.1. The molecule has 0 saturated heterocycles. The predicted octanol–water partition coefficient (Wildman–Crippen LogP) is 3.53. The molecule has 0 unspecified atom stereocenters. The van der Waals surface area contributed by atoms with Crippen LogP contribution in [0.4, 0.5) is 5.69 Å². The molecule has 0 heterocycles. The van der Waals surface area contributed by atoms with Crippen molar-refractivity contribution in [2.75, 3.05) is 11.5 Å². The molecule has 4 heteroatoms. The highest BCUT2D eigenvalue weighted by atomic mass is 79.9. The number of nitrogens with one attached hydrogen (secondary N) is 1. The zero-order valence-electron chi connectivity index (χ0n) is 20.4. The lowest BCUT2D eigenvalue weighted by Gasteiger charge is -2.27. The van der Waals surface area contributed by atoms with Crippen molar-refractivity contribution < 1.29 is 21.8 Å². The van der Waals surface area contributed by atoms with Crippen LogP contribution < -0.4 is 38.2 Å². The van der Waals surface area contributed by atoms with Gasteiger partial charge in [0.05, 0.1) is 6.16 Å². The highest BCUT2D eigenvalue weighted by Crippen LogP contribution is 2.55. The van der Waals surface area contributed by atoms with Crippen LogP contribution in [-0.2, 0) is 4.79 Å². The number of carbonyl (C=O) groups is 1. The van der Waals surface area contributed by atoms with Crippen LogP contribution in [0.1, 0.15) is 38.2 Å². The van der Waals surface area contributed by atoms with Crippen molar-refractivity contribution in [3.8, 4) is 0 Å². The molecule has 0 aliphatic carbocycles. The minimum Gasteiger partial charge on any atom is -1.00 e. The van der Waals surface area contributed by atoms with Gasteiger partial charge in [-0.1, -0.05) is 80.6 Å². The van der Waals surface area contributed by atoms with Gasteiger partial charge in [-0.25, -0.2) is 0 Å². The van der Waals surface area contributed by atoms with Crippen molar-refractivity contribution in [2.24, 2.45) is 0 Å². The number of hydrogen-bond acceptors (Lipinski definition) is 1. The number of amides is 1. The van der Waals surface area contributed by atoms with Gasteiger partial charge in [0.15, 0.2) is 0 Å². The van der Waals surface area contributed by atoms with Crippen molar-refractivity contribution >= 4 is 34.8 Å². The zero-order valence-corrected chi connectivity index (χ0v) is 22.9. The van der Waals surface area contributed by atoms with Crippen molar-refractivity contribution in [1.82, 2.24) is 0 Å². The van der Waals surface area contributed by atoms with Gasteiger partial charge >= 0.3 is 0 Å². The molecular formula is C31H33BrNOP.